The van der Waals surface area contributed by atoms with Crippen molar-refractivity contribution < 1.29 is 32.5 Å². The van der Waals surface area contributed by atoms with Crippen LogP contribution in [0.1, 0.15) is 6.92 Å². The molecule has 0 aromatic rings. The third-order valence-corrected chi connectivity index (χ3v) is 1.65. The number of ether oxygens (including phenoxy) is 3. The fourth-order valence-corrected chi connectivity index (χ4v) is 0.790. The molecular formula is C9H18F3NO4. The number of hydrogen-bond acceptors (Lipinski definition) is 5. The minimum atomic E-state index is -4.31. The number of hydrogen-bond donors (Lipinski definition) is 2. The van der Waals surface area contributed by atoms with Crippen LogP contribution in [-0.2, 0) is 14.2 Å². The average molecular weight is 261 g/mol. The van der Waals surface area contributed by atoms with Gasteiger partial charge in [0.1, 0.15) is 12.8 Å². The van der Waals surface area contributed by atoms with E-state index in [4.69, 9.17) is 20.3 Å². The first-order chi connectivity index (χ1) is 7.83. The molecule has 17 heavy (non-hydrogen) atoms. The second-order valence-corrected chi connectivity index (χ2v) is 3.36. The first kappa shape index (κ1) is 16.6. The molecule has 0 aliphatic rings. The van der Waals surface area contributed by atoms with Crippen LogP contribution in [0.25, 0.3) is 0 Å². The third-order valence-electron chi connectivity index (χ3n) is 1.65. The summed E-state index contributed by atoms with van der Waals surface area (Å²) in [5, 5.41) is 8.95. The molecular weight excluding hydrogens is 243 g/mol. The minimum absolute atomic E-state index is 0.0450. The Labute approximate surface area is 97.6 Å². The number of aliphatic hydroxyl groups excluding tert-OH is 1. The van der Waals surface area contributed by atoms with Crippen molar-refractivity contribution >= 4 is 0 Å². The number of rotatable bonds is 9. The van der Waals surface area contributed by atoms with E-state index in [0.29, 0.717) is 0 Å². The molecule has 0 amide bonds. The van der Waals surface area contributed by atoms with E-state index < -0.39 is 25.1 Å². The van der Waals surface area contributed by atoms with Crippen LogP contribution in [0.2, 0.25) is 0 Å². The Morgan fingerprint density at radius 1 is 1.12 bits per heavy atom. The molecule has 0 aliphatic carbocycles. The highest BCUT2D eigenvalue weighted by atomic mass is 19.4. The summed E-state index contributed by atoms with van der Waals surface area (Å²) in [5.41, 5.74) is 5.35. The molecule has 2 atom stereocenters. The summed E-state index contributed by atoms with van der Waals surface area (Å²) in [7, 11) is 0. The second-order valence-electron chi connectivity index (χ2n) is 3.36. The van der Waals surface area contributed by atoms with E-state index in [-0.39, 0.29) is 26.4 Å². The van der Waals surface area contributed by atoms with Gasteiger partial charge in [-0.2, -0.15) is 13.2 Å². The van der Waals surface area contributed by atoms with E-state index in [1.807, 2.05) is 0 Å². The van der Waals surface area contributed by atoms with Crippen molar-refractivity contribution in [3.8, 4) is 0 Å². The lowest BCUT2D eigenvalue weighted by atomic mass is 10.4. The summed E-state index contributed by atoms with van der Waals surface area (Å²) < 4.78 is 49.1. The molecule has 0 aromatic heterocycles. The maximum absolute atomic E-state index is 11.6. The summed E-state index contributed by atoms with van der Waals surface area (Å²) in [5.74, 6) is 0. The molecule has 0 rings (SSSR count). The van der Waals surface area contributed by atoms with Gasteiger partial charge in [-0.3, -0.25) is 0 Å². The number of halogens is 3. The number of aliphatic hydroxyl groups is 1. The summed E-state index contributed by atoms with van der Waals surface area (Å²) >= 11 is 0. The van der Waals surface area contributed by atoms with E-state index in [2.05, 4.69) is 4.74 Å². The largest absolute Gasteiger partial charge is 0.411 e. The molecule has 3 N–H and O–H groups in total. The van der Waals surface area contributed by atoms with Crippen LogP contribution in [0.15, 0.2) is 0 Å². The van der Waals surface area contributed by atoms with Crippen LogP contribution in [0.3, 0.4) is 0 Å². The van der Waals surface area contributed by atoms with Crippen molar-refractivity contribution in [2.75, 3.05) is 33.0 Å². The minimum Gasteiger partial charge on any atom is -0.389 e. The van der Waals surface area contributed by atoms with Gasteiger partial charge in [0, 0.05) is 0 Å². The molecule has 0 heterocycles. The van der Waals surface area contributed by atoms with Gasteiger partial charge < -0.3 is 25.1 Å². The quantitative estimate of drug-likeness (QED) is 0.460. The average Bonchev–Trinajstić information content (AvgIpc) is 2.19. The number of nitrogens with two attached hydrogens (primary N) is 1. The van der Waals surface area contributed by atoms with Crippen molar-refractivity contribution in [3.05, 3.63) is 0 Å². The first-order valence-corrected chi connectivity index (χ1v) is 5.10. The van der Waals surface area contributed by atoms with Gasteiger partial charge in [0.25, 0.3) is 0 Å². The van der Waals surface area contributed by atoms with Crippen molar-refractivity contribution in [3.63, 3.8) is 0 Å². The van der Waals surface area contributed by atoms with Crippen LogP contribution in [0.4, 0.5) is 13.2 Å². The summed E-state index contributed by atoms with van der Waals surface area (Å²) in [6.45, 7) is 0.447. The molecule has 0 aromatic carbocycles. The van der Waals surface area contributed by atoms with E-state index in [0.717, 1.165) is 0 Å². The van der Waals surface area contributed by atoms with Crippen molar-refractivity contribution in [1.82, 2.24) is 0 Å². The summed E-state index contributed by atoms with van der Waals surface area (Å²) in [4.78, 5) is 0. The summed E-state index contributed by atoms with van der Waals surface area (Å²) in [6.07, 6.45) is -5.89. The lowest BCUT2D eigenvalue weighted by molar-refractivity contribution is -0.176. The van der Waals surface area contributed by atoms with Gasteiger partial charge in [0.05, 0.1) is 32.5 Å². The van der Waals surface area contributed by atoms with Gasteiger partial charge >= 0.3 is 6.18 Å². The zero-order chi connectivity index (χ0) is 13.3. The molecule has 0 fully saturated rings. The van der Waals surface area contributed by atoms with Gasteiger partial charge in [0.2, 0.25) is 0 Å². The molecule has 2 unspecified atom stereocenters. The third kappa shape index (κ3) is 11.8. The smallest absolute Gasteiger partial charge is 0.389 e. The monoisotopic (exact) mass is 261 g/mol. The maximum Gasteiger partial charge on any atom is 0.411 e. The van der Waals surface area contributed by atoms with Crippen molar-refractivity contribution in [2.45, 2.75) is 25.4 Å². The van der Waals surface area contributed by atoms with Crippen molar-refractivity contribution in [1.29, 1.82) is 0 Å². The SMILES string of the molecule is CC(O)C(N)OCCOCCOCC(F)(F)F. The zero-order valence-corrected chi connectivity index (χ0v) is 9.57. The fourth-order valence-electron chi connectivity index (χ4n) is 0.790. The molecule has 0 radical (unpaired) electrons. The fraction of sp³-hybridized carbons (Fsp3) is 1.00. The first-order valence-electron chi connectivity index (χ1n) is 5.10. The molecule has 0 bridgehead atoms. The Balaban J connectivity index is 3.19. The molecule has 5 nitrogen and oxygen atoms in total. The van der Waals surface area contributed by atoms with Gasteiger partial charge in [-0.05, 0) is 6.92 Å². The standard InChI is InChI=1S/C9H18F3NO4/c1-7(14)8(13)17-5-4-15-2-3-16-6-9(10,11)12/h7-8,14H,2-6,13H2,1H3. The van der Waals surface area contributed by atoms with Crippen molar-refractivity contribution in [2.24, 2.45) is 5.73 Å². The molecule has 0 spiro atoms. The maximum atomic E-state index is 11.6. The van der Waals surface area contributed by atoms with Crippen LogP contribution < -0.4 is 5.73 Å². The Bertz CT molecular complexity index is 190. The van der Waals surface area contributed by atoms with Gasteiger partial charge in [-0.25, -0.2) is 0 Å². The second kappa shape index (κ2) is 8.65. The zero-order valence-electron chi connectivity index (χ0n) is 9.57. The van der Waals surface area contributed by atoms with E-state index in [9.17, 15) is 13.2 Å². The lowest BCUT2D eigenvalue weighted by Crippen LogP contribution is -2.36. The lowest BCUT2D eigenvalue weighted by Gasteiger charge is -2.15. The highest BCUT2D eigenvalue weighted by Gasteiger charge is 2.27. The van der Waals surface area contributed by atoms with E-state index >= 15 is 0 Å². The summed E-state index contributed by atoms with van der Waals surface area (Å²) in [6, 6.07) is 0. The Kier molecular flexibility index (Phi) is 8.44. The Hall–Kier alpha value is -0.410. The van der Waals surface area contributed by atoms with Crippen LogP contribution in [-0.4, -0.2) is 56.6 Å². The molecule has 0 aliphatic heterocycles. The normalized spacial score (nSPS) is 15.9. The molecule has 8 heteroatoms. The Morgan fingerprint density at radius 2 is 1.65 bits per heavy atom. The molecule has 104 valence electrons. The van der Waals surface area contributed by atoms with E-state index in [1.54, 1.807) is 0 Å². The highest BCUT2D eigenvalue weighted by Crippen LogP contribution is 2.13. The van der Waals surface area contributed by atoms with Gasteiger partial charge in [-0.1, -0.05) is 0 Å². The Morgan fingerprint density at radius 3 is 2.18 bits per heavy atom. The highest BCUT2D eigenvalue weighted by molar-refractivity contribution is 4.54. The topological polar surface area (TPSA) is 73.9 Å². The molecule has 0 saturated heterocycles. The molecule has 0 saturated carbocycles. The predicted molar refractivity (Wildman–Crippen MR) is 53.3 cm³/mol. The van der Waals surface area contributed by atoms with Crippen LogP contribution >= 0.6 is 0 Å². The predicted octanol–water partition coefficient (Wildman–Crippen LogP) is 0.264. The van der Waals surface area contributed by atoms with Crippen LogP contribution in [0.5, 0.6) is 0 Å². The van der Waals surface area contributed by atoms with Gasteiger partial charge in [-0.15, -0.1) is 0 Å². The van der Waals surface area contributed by atoms with Crippen LogP contribution in [0, 0.1) is 0 Å². The van der Waals surface area contributed by atoms with E-state index in [1.165, 1.54) is 6.92 Å². The number of alkyl halides is 3. The van der Waals surface area contributed by atoms with Gasteiger partial charge in [0.15, 0.2) is 0 Å².